The minimum atomic E-state index is 0.374. The monoisotopic (exact) mass is 240 g/mol. The Morgan fingerprint density at radius 3 is 2.29 bits per heavy atom. The number of piperazine rings is 1. The van der Waals surface area contributed by atoms with E-state index in [9.17, 15) is 0 Å². The van der Waals surface area contributed by atoms with Crippen LogP contribution in [0, 0.1) is 11.3 Å². The molecule has 0 amide bonds. The minimum absolute atomic E-state index is 0.374. The predicted octanol–water partition coefficient (Wildman–Crippen LogP) is 3.13. The van der Waals surface area contributed by atoms with Gasteiger partial charge in [-0.1, -0.05) is 47.5 Å². The van der Waals surface area contributed by atoms with Gasteiger partial charge in [0.15, 0.2) is 0 Å². The molecule has 2 unspecified atom stereocenters. The fraction of sp³-hybridized carbons (Fsp3) is 1.00. The topological polar surface area (TPSA) is 15.3 Å². The fourth-order valence-electron chi connectivity index (χ4n) is 2.92. The van der Waals surface area contributed by atoms with Crippen molar-refractivity contribution in [3.8, 4) is 0 Å². The molecule has 1 aliphatic heterocycles. The summed E-state index contributed by atoms with van der Waals surface area (Å²) in [6.07, 6.45) is 2.62. The molecule has 1 saturated heterocycles. The lowest BCUT2D eigenvalue weighted by molar-refractivity contribution is 0.0448. The zero-order chi connectivity index (χ0) is 13.1. The second-order valence-corrected chi connectivity index (χ2v) is 6.83. The molecule has 0 aromatic carbocycles. The summed E-state index contributed by atoms with van der Waals surface area (Å²) >= 11 is 0. The number of hydrogen-bond donors (Lipinski definition) is 1. The van der Waals surface area contributed by atoms with Crippen molar-refractivity contribution in [2.75, 3.05) is 19.6 Å². The molecule has 0 spiro atoms. The van der Waals surface area contributed by atoms with Crippen LogP contribution in [0.2, 0.25) is 0 Å². The minimum Gasteiger partial charge on any atom is -0.311 e. The number of nitrogens with zero attached hydrogens (tertiary/aromatic N) is 1. The van der Waals surface area contributed by atoms with Crippen LogP contribution >= 0.6 is 0 Å². The van der Waals surface area contributed by atoms with Crippen LogP contribution in [-0.4, -0.2) is 36.6 Å². The average Bonchev–Trinajstić information content (AvgIpc) is 2.24. The van der Waals surface area contributed by atoms with Gasteiger partial charge in [-0.05, 0) is 18.3 Å². The summed E-state index contributed by atoms with van der Waals surface area (Å²) in [6, 6.07) is 1.32. The highest BCUT2D eigenvalue weighted by Crippen LogP contribution is 2.27. The van der Waals surface area contributed by atoms with Crippen molar-refractivity contribution in [3.05, 3.63) is 0 Å². The first-order valence-electron chi connectivity index (χ1n) is 7.35. The molecule has 0 radical (unpaired) electrons. The predicted molar refractivity (Wildman–Crippen MR) is 76.4 cm³/mol. The molecule has 1 aliphatic rings. The van der Waals surface area contributed by atoms with Gasteiger partial charge >= 0.3 is 0 Å². The van der Waals surface area contributed by atoms with E-state index >= 15 is 0 Å². The van der Waals surface area contributed by atoms with Crippen molar-refractivity contribution < 1.29 is 0 Å². The molecule has 1 rings (SSSR count). The maximum Gasteiger partial charge on any atom is 0.0269 e. The molecule has 2 atom stereocenters. The normalized spacial score (nSPS) is 27.7. The van der Waals surface area contributed by atoms with Crippen LogP contribution in [0.3, 0.4) is 0 Å². The van der Waals surface area contributed by atoms with Crippen LogP contribution < -0.4 is 5.32 Å². The van der Waals surface area contributed by atoms with E-state index < -0.39 is 0 Å². The largest absolute Gasteiger partial charge is 0.311 e. The smallest absolute Gasteiger partial charge is 0.0269 e. The van der Waals surface area contributed by atoms with Gasteiger partial charge in [0, 0.05) is 31.7 Å². The summed E-state index contributed by atoms with van der Waals surface area (Å²) in [5.41, 5.74) is 0.374. The van der Waals surface area contributed by atoms with E-state index in [4.69, 9.17) is 0 Å². The van der Waals surface area contributed by atoms with E-state index in [1.54, 1.807) is 0 Å². The van der Waals surface area contributed by atoms with Gasteiger partial charge in [-0.25, -0.2) is 0 Å². The molecule has 1 fully saturated rings. The summed E-state index contributed by atoms with van der Waals surface area (Å²) < 4.78 is 0. The van der Waals surface area contributed by atoms with E-state index in [-0.39, 0.29) is 0 Å². The zero-order valence-corrected chi connectivity index (χ0v) is 12.7. The standard InChI is InChI=1S/C15H32N2/c1-7-13(8-2)11-17-10-12(3)16-9-14(17)15(4,5)6/h12-14,16H,7-11H2,1-6H3. The molecule has 0 bridgehead atoms. The Morgan fingerprint density at radius 1 is 1.24 bits per heavy atom. The van der Waals surface area contributed by atoms with Gasteiger partial charge in [0.1, 0.15) is 0 Å². The second-order valence-electron chi connectivity index (χ2n) is 6.83. The molecule has 2 nitrogen and oxygen atoms in total. The lowest BCUT2D eigenvalue weighted by Gasteiger charge is -2.47. The van der Waals surface area contributed by atoms with E-state index in [1.165, 1.54) is 25.9 Å². The Balaban J connectivity index is 2.68. The van der Waals surface area contributed by atoms with E-state index in [2.05, 4.69) is 51.8 Å². The van der Waals surface area contributed by atoms with Gasteiger partial charge in [0.2, 0.25) is 0 Å². The van der Waals surface area contributed by atoms with Crippen molar-refractivity contribution in [3.63, 3.8) is 0 Å². The van der Waals surface area contributed by atoms with Crippen molar-refractivity contribution >= 4 is 0 Å². The Labute approximate surface area is 108 Å². The van der Waals surface area contributed by atoms with E-state index in [0.717, 1.165) is 12.5 Å². The Bertz CT molecular complexity index is 215. The molecule has 0 saturated carbocycles. The highest BCUT2D eigenvalue weighted by Gasteiger charge is 2.34. The molecule has 102 valence electrons. The third kappa shape index (κ3) is 4.26. The summed E-state index contributed by atoms with van der Waals surface area (Å²) in [5.74, 6) is 0.866. The van der Waals surface area contributed by atoms with Crippen molar-refractivity contribution in [1.29, 1.82) is 0 Å². The molecular formula is C15H32N2. The molecular weight excluding hydrogens is 208 g/mol. The van der Waals surface area contributed by atoms with Crippen molar-refractivity contribution in [2.45, 2.75) is 66.5 Å². The van der Waals surface area contributed by atoms with E-state index in [1.807, 2.05) is 0 Å². The number of hydrogen-bond acceptors (Lipinski definition) is 2. The molecule has 0 aromatic rings. The fourth-order valence-corrected chi connectivity index (χ4v) is 2.92. The summed E-state index contributed by atoms with van der Waals surface area (Å²) in [6.45, 7) is 17.7. The zero-order valence-electron chi connectivity index (χ0n) is 12.7. The lowest BCUT2D eigenvalue weighted by atomic mass is 9.83. The van der Waals surface area contributed by atoms with Gasteiger partial charge in [0.25, 0.3) is 0 Å². The van der Waals surface area contributed by atoms with E-state index in [0.29, 0.717) is 17.5 Å². The molecule has 1 heterocycles. The first-order chi connectivity index (χ1) is 7.88. The van der Waals surface area contributed by atoms with Gasteiger partial charge in [0.05, 0.1) is 0 Å². The van der Waals surface area contributed by atoms with Crippen molar-refractivity contribution in [1.82, 2.24) is 10.2 Å². The summed E-state index contributed by atoms with van der Waals surface area (Å²) in [4.78, 5) is 2.73. The average molecular weight is 240 g/mol. The second kappa shape index (κ2) is 6.19. The highest BCUT2D eigenvalue weighted by molar-refractivity contribution is 4.91. The van der Waals surface area contributed by atoms with Crippen LogP contribution in [0.1, 0.15) is 54.4 Å². The Hall–Kier alpha value is -0.0800. The first-order valence-corrected chi connectivity index (χ1v) is 7.35. The van der Waals surface area contributed by atoms with Crippen LogP contribution in [0.4, 0.5) is 0 Å². The summed E-state index contributed by atoms with van der Waals surface area (Å²) in [5, 5.41) is 3.64. The Kier molecular flexibility index (Phi) is 5.46. The lowest BCUT2D eigenvalue weighted by Crippen LogP contribution is -2.60. The molecule has 2 heteroatoms. The van der Waals surface area contributed by atoms with Crippen LogP contribution in [-0.2, 0) is 0 Å². The molecule has 0 aromatic heterocycles. The van der Waals surface area contributed by atoms with Gasteiger partial charge in [-0.15, -0.1) is 0 Å². The van der Waals surface area contributed by atoms with Crippen LogP contribution in [0.5, 0.6) is 0 Å². The van der Waals surface area contributed by atoms with Gasteiger partial charge in [-0.3, -0.25) is 4.90 Å². The molecule has 17 heavy (non-hydrogen) atoms. The van der Waals surface area contributed by atoms with Gasteiger partial charge < -0.3 is 5.32 Å². The van der Waals surface area contributed by atoms with Crippen molar-refractivity contribution in [2.24, 2.45) is 11.3 Å². The number of nitrogens with one attached hydrogen (secondary N) is 1. The maximum atomic E-state index is 3.64. The maximum absolute atomic E-state index is 3.64. The quantitative estimate of drug-likeness (QED) is 0.812. The third-order valence-corrected chi connectivity index (χ3v) is 4.26. The highest BCUT2D eigenvalue weighted by atomic mass is 15.2. The summed E-state index contributed by atoms with van der Waals surface area (Å²) in [7, 11) is 0. The Morgan fingerprint density at radius 2 is 1.82 bits per heavy atom. The SMILES string of the molecule is CCC(CC)CN1CC(C)NCC1C(C)(C)C. The number of rotatable bonds is 4. The third-order valence-electron chi connectivity index (χ3n) is 4.26. The molecule has 0 aliphatic carbocycles. The first kappa shape index (κ1) is 15.0. The van der Waals surface area contributed by atoms with Crippen LogP contribution in [0.15, 0.2) is 0 Å². The van der Waals surface area contributed by atoms with Gasteiger partial charge in [-0.2, -0.15) is 0 Å². The molecule has 1 N–H and O–H groups in total. The van der Waals surface area contributed by atoms with Crippen LogP contribution in [0.25, 0.3) is 0 Å².